The summed E-state index contributed by atoms with van der Waals surface area (Å²) in [4.78, 5) is 25.2. The fraction of sp³-hybridized carbons (Fsp3) is 0.833. The van der Waals surface area contributed by atoms with Gasteiger partial charge in [0.05, 0.1) is 12.6 Å². The van der Waals surface area contributed by atoms with Crippen molar-refractivity contribution >= 4 is 11.7 Å². The second-order valence-electron chi connectivity index (χ2n) is 5.18. The lowest BCUT2D eigenvalue weighted by molar-refractivity contribution is -0.128. The monoisotopic (exact) mass is 241 g/mol. The molecule has 1 fully saturated rings. The van der Waals surface area contributed by atoms with Gasteiger partial charge in [-0.25, -0.2) is 0 Å². The van der Waals surface area contributed by atoms with E-state index >= 15 is 0 Å². The van der Waals surface area contributed by atoms with Crippen LogP contribution in [0, 0.1) is 5.92 Å². The van der Waals surface area contributed by atoms with E-state index in [2.05, 4.69) is 5.32 Å². The van der Waals surface area contributed by atoms with Crippen LogP contribution < -0.4 is 11.1 Å². The van der Waals surface area contributed by atoms with Crippen molar-refractivity contribution in [1.29, 1.82) is 0 Å². The van der Waals surface area contributed by atoms with Crippen LogP contribution in [0.25, 0.3) is 0 Å². The number of nitrogens with one attached hydrogen (secondary N) is 1. The van der Waals surface area contributed by atoms with Gasteiger partial charge in [0.1, 0.15) is 0 Å². The summed E-state index contributed by atoms with van der Waals surface area (Å²) in [7, 11) is 0. The van der Waals surface area contributed by atoms with Crippen molar-refractivity contribution in [3.05, 3.63) is 0 Å². The van der Waals surface area contributed by atoms with Crippen molar-refractivity contribution in [3.63, 3.8) is 0 Å². The predicted molar refractivity (Wildman–Crippen MR) is 66.5 cm³/mol. The van der Waals surface area contributed by atoms with Crippen LogP contribution in [0.5, 0.6) is 0 Å². The minimum atomic E-state index is -0.376. The van der Waals surface area contributed by atoms with Crippen LogP contribution in [-0.2, 0) is 9.59 Å². The highest BCUT2D eigenvalue weighted by Crippen LogP contribution is 2.07. The number of nitrogens with two attached hydrogens (primary N) is 1. The molecule has 1 unspecified atom stereocenters. The average Bonchev–Trinajstić information content (AvgIpc) is 2.59. The quantitative estimate of drug-likeness (QED) is 0.696. The van der Waals surface area contributed by atoms with Crippen LogP contribution in [0.15, 0.2) is 0 Å². The number of hydrogen-bond donors (Lipinski definition) is 2. The molecule has 0 aromatic carbocycles. The third-order valence-corrected chi connectivity index (χ3v) is 3.10. The van der Waals surface area contributed by atoms with Crippen molar-refractivity contribution in [2.24, 2.45) is 11.7 Å². The Hall–Kier alpha value is -0.940. The molecule has 1 heterocycles. The van der Waals surface area contributed by atoms with Crippen LogP contribution in [-0.4, -0.2) is 48.3 Å². The lowest BCUT2D eigenvalue weighted by Gasteiger charge is -2.21. The molecule has 0 aromatic rings. The standard InChI is InChI=1S/C12H23N3O2/c1-8(2)12(9(3)16)14-11(17)7-15-5-4-10(13)6-15/h8,10,12H,4-7,13H2,1-3H3,(H,14,17)/t10-,12?/m0/s1. The van der Waals surface area contributed by atoms with Crippen molar-refractivity contribution in [3.8, 4) is 0 Å². The topological polar surface area (TPSA) is 75.4 Å². The molecule has 0 radical (unpaired) electrons. The van der Waals surface area contributed by atoms with E-state index in [-0.39, 0.29) is 29.7 Å². The van der Waals surface area contributed by atoms with Crippen LogP contribution in [0.1, 0.15) is 27.2 Å². The molecule has 1 saturated heterocycles. The van der Waals surface area contributed by atoms with Gasteiger partial charge in [0, 0.05) is 19.1 Å². The van der Waals surface area contributed by atoms with Gasteiger partial charge in [-0.15, -0.1) is 0 Å². The number of nitrogens with zero attached hydrogens (tertiary/aromatic N) is 1. The Labute approximate surface area is 103 Å². The Morgan fingerprint density at radius 1 is 1.47 bits per heavy atom. The summed E-state index contributed by atoms with van der Waals surface area (Å²) in [5.41, 5.74) is 5.77. The molecule has 0 aromatic heterocycles. The Morgan fingerprint density at radius 2 is 2.12 bits per heavy atom. The van der Waals surface area contributed by atoms with Crippen molar-refractivity contribution in [2.75, 3.05) is 19.6 Å². The van der Waals surface area contributed by atoms with Gasteiger partial charge in [-0.1, -0.05) is 13.8 Å². The second-order valence-corrected chi connectivity index (χ2v) is 5.18. The molecule has 1 amide bonds. The van der Waals surface area contributed by atoms with Crippen molar-refractivity contribution in [1.82, 2.24) is 10.2 Å². The molecule has 1 aliphatic rings. The summed E-state index contributed by atoms with van der Waals surface area (Å²) in [6.07, 6.45) is 0.938. The Balaban J connectivity index is 2.40. The third kappa shape index (κ3) is 4.44. The van der Waals surface area contributed by atoms with Crippen LogP contribution in [0.4, 0.5) is 0 Å². The number of hydrogen-bond acceptors (Lipinski definition) is 4. The van der Waals surface area contributed by atoms with Gasteiger partial charge >= 0.3 is 0 Å². The first-order valence-electron chi connectivity index (χ1n) is 6.18. The van der Waals surface area contributed by atoms with Gasteiger partial charge in [0.15, 0.2) is 5.78 Å². The molecule has 5 heteroatoms. The van der Waals surface area contributed by atoms with Gasteiger partial charge in [-0.05, 0) is 19.3 Å². The average molecular weight is 241 g/mol. The molecule has 5 nitrogen and oxygen atoms in total. The van der Waals surface area contributed by atoms with Gasteiger partial charge in [0.25, 0.3) is 0 Å². The van der Waals surface area contributed by atoms with Gasteiger partial charge < -0.3 is 11.1 Å². The Morgan fingerprint density at radius 3 is 2.53 bits per heavy atom. The number of rotatable bonds is 5. The molecule has 0 bridgehead atoms. The van der Waals surface area contributed by atoms with Crippen molar-refractivity contribution in [2.45, 2.75) is 39.3 Å². The lowest BCUT2D eigenvalue weighted by atomic mass is 10.0. The van der Waals surface area contributed by atoms with E-state index in [4.69, 9.17) is 5.73 Å². The first-order chi connectivity index (χ1) is 7.90. The minimum absolute atomic E-state index is 0.00599. The number of ketones is 1. The maximum atomic E-state index is 11.8. The van der Waals surface area contributed by atoms with E-state index in [0.717, 1.165) is 19.5 Å². The molecule has 1 aliphatic heterocycles. The molecule has 98 valence electrons. The number of carbonyl (C=O) groups is 2. The van der Waals surface area contributed by atoms with Gasteiger partial charge in [-0.2, -0.15) is 0 Å². The highest BCUT2D eigenvalue weighted by atomic mass is 16.2. The van der Waals surface area contributed by atoms with Crippen LogP contribution in [0.2, 0.25) is 0 Å². The summed E-state index contributed by atoms with van der Waals surface area (Å²) < 4.78 is 0. The predicted octanol–water partition coefficient (Wildman–Crippen LogP) is -0.251. The van der Waals surface area contributed by atoms with E-state index in [1.54, 1.807) is 0 Å². The van der Waals surface area contributed by atoms with E-state index < -0.39 is 0 Å². The number of likely N-dealkylation sites (tertiary alicyclic amines) is 1. The minimum Gasteiger partial charge on any atom is -0.345 e. The molecule has 1 rings (SSSR count). The molecular formula is C12H23N3O2. The normalized spacial score (nSPS) is 22.8. The third-order valence-electron chi connectivity index (χ3n) is 3.10. The molecule has 2 atom stereocenters. The maximum Gasteiger partial charge on any atom is 0.234 e. The largest absolute Gasteiger partial charge is 0.345 e. The van der Waals surface area contributed by atoms with Gasteiger partial charge in [-0.3, -0.25) is 14.5 Å². The SMILES string of the molecule is CC(=O)C(NC(=O)CN1CC[C@H](N)C1)C(C)C. The molecule has 0 aliphatic carbocycles. The summed E-state index contributed by atoms with van der Waals surface area (Å²) in [5.74, 6) is 0.0387. The van der Waals surface area contributed by atoms with Crippen LogP contribution >= 0.6 is 0 Å². The lowest BCUT2D eigenvalue weighted by Crippen LogP contribution is -2.47. The summed E-state index contributed by atoms with van der Waals surface area (Å²) in [6.45, 7) is 7.33. The van der Waals surface area contributed by atoms with E-state index in [9.17, 15) is 9.59 Å². The second kappa shape index (κ2) is 6.12. The fourth-order valence-electron chi connectivity index (χ4n) is 2.17. The number of carbonyl (C=O) groups excluding carboxylic acids is 2. The highest BCUT2D eigenvalue weighted by Gasteiger charge is 2.24. The molecule has 3 N–H and O–H groups in total. The zero-order valence-electron chi connectivity index (χ0n) is 10.9. The van der Waals surface area contributed by atoms with Crippen molar-refractivity contribution < 1.29 is 9.59 Å². The van der Waals surface area contributed by atoms with E-state index in [0.29, 0.717) is 6.54 Å². The molecule has 0 spiro atoms. The molecule has 0 saturated carbocycles. The Bertz CT molecular complexity index is 291. The molecule has 17 heavy (non-hydrogen) atoms. The van der Waals surface area contributed by atoms with E-state index in [1.165, 1.54) is 6.92 Å². The summed E-state index contributed by atoms with van der Waals surface area (Å²) in [6, 6.07) is -0.199. The first-order valence-corrected chi connectivity index (χ1v) is 6.18. The number of amides is 1. The van der Waals surface area contributed by atoms with E-state index in [1.807, 2.05) is 18.7 Å². The zero-order valence-corrected chi connectivity index (χ0v) is 10.9. The zero-order chi connectivity index (χ0) is 13.0. The number of Topliss-reactive ketones (excluding diaryl/α,β-unsaturated/α-hetero) is 1. The Kier molecular flexibility index (Phi) is 5.08. The highest BCUT2D eigenvalue weighted by molar-refractivity contribution is 5.88. The maximum absolute atomic E-state index is 11.8. The summed E-state index contributed by atoms with van der Waals surface area (Å²) >= 11 is 0. The first kappa shape index (κ1) is 14.1. The van der Waals surface area contributed by atoms with Crippen LogP contribution in [0.3, 0.4) is 0 Å². The smallest absolute Gasteiger partial charge is 0.234 e. The van der Waals surface area contributed by atoms with Gasteiger partial charge in [0.2, 0.25) is 5.91 Å². The fourth-order valence-corrected chi connectivity index (χ4v) is 2.17. The summed E-state index contributed by atoms with van der Waals surface area (Å²) in [5, 5.41) is 2.79. The molecular weight excluding hydrogens is 218 g/mol.